The lowest BCUT2D eigenvalue weighted by Gasteiger charge is -2.12. The fourth-order valence-corrected chi connectivity index (χ4v) is 5.50. The van der Waals surface area contributed by atoms with Crippen molar-refractivity contribution in [2.45, 2.75) is 6.92 Å². The monoisotopic (exact) mass is 619 g/mol. The highest BCUT2D eigenvalue weighted by Gasteiger charge is 2.36. The number of rotatable bonds is 6. The summed E-state index contributed by atoms with van der Waals surface area (Å²) in [5.74, 6) is -0.0609. The first-order valence-corrected chi connectivity index (χ1v) is 11.3. The highest BCUT2D eigenvalue weighted by Crippen LogP contribution is 2.36. The molecule has 2 amide bonds. The van der Waals surface area contributed by atoms with E-state index >= 15 is 0 Å². The quantitative estimate of drug-likeness (QED) is 0.253. The Balaban J connectivity index is 1.87. The third kappa shape index (κ3) is 4.77. The zero-order valence-electron chi connectivity index (χ0n) is 14.8. The molecule has 28 heavy (non-hydrogen) atoms. The van der Waals surface area contributed by atoms with Crippen molar-refractivity contribution in [3.05, 3.63) is 65.6 Å². The second kappa shape index (κ2) is 9.40. The molecule has 8 heteroatoms. The van der Waals surface area contributed by atoms with Gasteiger partial charge >= 0.3 is 0 Å². The summed E-state index contributed by atoms with van der Waals surface area (Å²) in [5.41, 5.74) is 1.20. The number of Topliss-reactive ketones (excluding diaryl/α,β-unsaturated/α-hetero) is 1. The number of benzene rings is 2. The molecule has 0 spiro atoms. The number of nitrogens with zero attached hydrogens (tertiary/aromatic N) is 1. The zero-order valence-corrected chi connectivity index (χ0v) is 19.9. The summed E-state index contributed by atoms with van der Waals surface area (Å²) in [5, 5.41) is -0.446. The summed E-state index contributed by atoms with van der Waals surface area (Å²) in [7, 11) is 0. The number of amides is 2. The third-order valence-electron chi connectivity index (χ3n) is 3.88. The van der Waals surface area contributed by atoms with Crippen LogP contribution in [-0.2, 0) is 4.79 Å². The normalized spacial score (nSPS) is 15.4. The Morgan fingerprint density at radius 3 is 2.57 bits per heavy atom. The van der Waals surface area contributed by atoms with Crippen molar-refractivity contribution in [3.63, 3.8) is 0 Å². The van der Waals surface area contributed by atoms with Gasteiger partial charge in [-0.1, -0.05) is 30.3 Å². The second-order valence-electron chi connectivity index (χ2n) is 5.80. The van der Waals surface area contributed by atoms with Crippen molar-refractivity contribution in [2.75, 3.05) is 13.2 Å². The van der Waals surface area contributed by atoms with Gasteiger partial charge < -0.3 is 4.74 Å². The average molecular weight is 619 g/mol. The van der Waals surface area contributed by atoms with Crippen LogP contribution in [0.15, 0.2) is 47.4 Å². The minimum absolute atomic E-state index is 0.270. The van der Waals surface area contributed by atoms with Crippen LogP contribution in [0.3, 0.4) is 0 Å². The van der Waals surface area contributed by atoms with E-state index in [0.717, 1.165) is 29.4 Å². The van der Waals surface area contributed by atoms with Crippen LogP contribution in [0.4, 0.5) is 4.79 Å². The van der Waals surface area contributed by atoms with Gasteiger partial charge in [-0.05, 0) is 82.1 Å². The molecule has 0 aliphatic carbocycles. The number of imide groups is 1. The Hall–Kier alpha value is -1.40. The molecule has 1 fully saturated rings. The number of hydrogen-bond acceptors (Lipinski definition) is 5. The van der Waals surface area contributed by atoms with Gasteiger partial charge in [-0.15, -0.1) is 0 Å². The molecular weight excluding hydrogens is 604 g/mol. The van der Waals surface area contributed by atoms with Crippen LogP contribution in [0.2, 0.25) is 0 Å². The molecule has 3 rings (SSSR count). The standard InChI is InChI=1S/C20H15I2NO4S/c1-2-27-18-13(8-14(21)10-15(18)22)9-17-19(25)23(20(26)28-17)11-16(24)12-6-4-3-5-7-12/h3-10H,2,11H2,1H3/b17-9+. The van der Waals surface area contributed by atoms with Crippen molar-refractivity contribution in [1.29, 1.82) is 0 Å². The van der Waals surface area contributed by atoms with Gasteiger partial charge in [0, 0.05) is 14.7 Å². The number of ether oxygens (including phenoxy) is 1. The number of ketones is 1. The van der Waals surface area contributed by atoms with Crippen LogP contribution < -0.4 is 4.74 Å². The molecular formula is C20H15I2NO4S. The van der Waals surface area contributed by atoms with Crippen molar-refractivity contribution < 1.29 is 19.1 Å². The molecule has 0 radical (unpaired) electrons. The van der Waals surface area contributed by atoms with Crippen molar-refractivity contribution in [3.8, 4) is 5.75 Å². The molecule has 0 aromatic heterocycles. The number of thioether (sulfide) groups is 1. The van der Waals surface area contributed by atoms with Gasteiger partial charge in [0.25, 0.3) is 11.1 Å². The molecule has 0 unspecified atom stereocenters. The predicted octanol–water partition coefficient (Wildman–Crippen LogP) is 5.21. The first-order valence-electron chi connectivity index (χ1n) is 8.36. The Kier molecular flexibility index (Phi) is 7.15. The molecule has 0 atom stereocenters. The third-order valence-corrected chi connectivity index (χ3v) is 6.21. The fraction of sp³-hybridized carbons (Fsp3) is 0.150. The first-order chi connectivity index (χ1) is 13.4. The van der Waals surface area contributed by atoms with Crippen LogP contribution in [0.25, 0.3) is 6.08 Å². The molecule has 1 aliphatic rings. The van der Waals surface area contributed by atoms with Gasteiger partial charge in [0.15, 0.2) is 5.78 Å². The summed E-state index contributed by atoms with van der Waals surface area (Å²) in [6.07, 6.45) is 1.66. The van der Waals surface area contributed by atoms with Gasteiger partial charge in [0.1, 0.15) is 5.75 Å². The van der Waals surface area contributed by atoms with Gasteiger partial charge in [-0.25, -0.2) is 0 Å². The zero-order chi connectivity index (χ0) is 20.3. The Morgan fingerprint density at radius 1 is 1.18 bits per heavy atom. The lowest BCUT2D eigenvalue weighted by molar-refractivity contribution is -0.122. The molecule has 0 N–H and O–H groups in total. The predicted molar refractivity (Wildman–Crippen MR) is 126 cm³/mol. The summed E-state index contributed by atoms with van der Waals surface area (Å²) in [4.78, 5) is 38.7. The van der Waals surface area contributed by atoms with Crippen molar-refractivity contribution in [2.24, 2.45) is 0 Å². The van der Waals surface area contributed by atoms with Crippen LogP contribution in [0.1, 0.15) is 22.8 Å². The maximum absolute atomic E-state index is 12.7. The number of carbonyl (C=O) groups excluding carboxylic acids is 3. The lowest BCUT2D eigenvalue weighted by atomic mass is 10.1. The topological polar surface area (TPSA) is 63.7 Å². The SMILES string of the molecule is CCOc1c(I)cc(I)cc1/C=C1/SC(=O)N(CC(=O)c2ccccc2)C1=O. The van der Waals surface area contributed by atoms with E-state index in [0.29, 0.717) is 17.9 Å². The van der Waals surface area contributed by atoms with Gasteiger partial charge in [-0.2, -0.15) is 0 Å². The maximum atomic E-state index is 12.7. The highest BCUT2D eigenvalue weighted by molar-refractivity contribution is 14.1. The molecule has 1 saturated heterocycles. The number of hydrogen-bond donors (Lipinski definition) is 0. The van der Waals surface area contributed by atoms with Crippen LogP contribution in [-0.4, -0.2) is 35.0 Å². The smallest absolute Gasteiger partial charge is 0.293 e. The minimum atomic E-state index is -0.462. The largest absolute Gasteiger partial charge is 0.492 e. The van der Waals surface area contributed by atoms with Crippen molar-refractivity contribution >= 4 is 79.9 Å². The van der Waals surface area contributed by atoms with Gasteiger partial charge in [0.2, 0.25) is 0 Å². The van der Waals surface area contributed by atoms with E-state index in [1.54, 1.807) is 36.4 Å². The molecule has 0 bridgehead atoms. The van der Waals surface area contributed by atoms with Gasteiger partial charge in [-0.3, -0.25) is 19.3 Å². The molecule has 144 valence electrons. The Labute approximate surface area is 194 Å². The average Bonchev–Trinajstić information content (AvgIpc) is 2.92. The van der Waals surface area contributed by atoms with E-state index in [1.807, 2.05) is 19.1 Å². The molecule has 1 aliphatic heterocycles. The summed E-state index contributed by atoms with van der Waals surface area (Å²) >= 11 is 5.22. The van der Waals surface area contributed by atoms with E-state index in [9.17, 15) is 14.4 Å². The molecule has 1 heterocycles. The van der Waals surface area contributed by atoms with E-state index in [1.165, 1.54) is 0 Å². The number of carbonyl (C=O) groups is 3. The molecule has 2 aromatic carbocycles. The Bertz CT molecular complexity index is 976. The fourth-order valence-electron chi connectivity index (χ4n) is 2.62. The molecule has 0 saturated carbocycles. The second-order valence-corrected chi connectivity index (χ2v) is 9.20. The Morgan fingerprint density at radius 2 is 1.89 bits per heavy atom. The lowest BCUT2D eigenvalue weighted by Crippen LogP contribution is -2.33. The minimum Gasteiger partial charge on any atom is -0.492 e. The maximum Gasteiger partial charge on any atom is 0.293 e. The van der Waals surface area contributed by atoms with Crippen LogP contribution in [0.5, 0.6) is 5.75 Å². The van der Waals surface area contributed by atoms with E-state index in [4.69, 9.17) is 4.74 Å². The summed E-state index contributed by atoms with van der Waals surface area (Å²) in [6.45, 7) is 2.11. The van der Waals surface area contributed by atoms with E-state index in [-0.39, 0.29) is 17.2 Å². The van der Waals surface area contributed by atoms with Crippen molar-refractivity contribution in [1.82, 2.24) is 4.90 Å². The molecule has 2 aromatic rings. The first kappa shape index (κ1) is 21.3. The van der Waals surface area contributed by atoms with Crippen LogP contribution >= 0.6 is 56.9 Å². The number of halogens is 2. The van der Waals surface area contributed by atoms with E-state index < -0.39 is 11.1 Å². The molecule has 5 nitrogen and oxygen atoms in total. The summed E-state index contributed by atoms with van der Waals surface area (Å²) in [6, 6.07) is 12.5. The van der Waals surface area contributed by atoms with Crippen LogP contribution in [0, 0.1) is 7.14 Å². The summed E-state index contributed by atoms with van der Waals surface area (Å²) < 4.78 is 7.64. The van der Waals surface area contributed by atoms with E-state index in [2.05, 4.69) is 45.2 Å². The highest BCUT2D eigenvalue weighted by atomic mass is 127. The van der Waals surface area contributed by atoms with Gasteiger partial charge in [0.05, 0.1) is 21.6 Å².